The van der Waals surface area contributed by atoms with Crippen molar-refractivity contribution in [2.45, 2.75) is 50.5 Å². The van der Waals surface area contributed by atoms with E-state index in [2.05, 4.69) is 4.72 Å². The Morgan fingerprint density at radius 1 is 1.38 bits per heavy atom. The van der Waals surface area contributed by atoms with Gasteiger partial charge in [-0.2, -0.15) is 0 Å². The van der Waals surface area contributed by atoms with Crippen LogP contribution < -0.4 is 4.72 Å². The van der Waals surface area contributed by atoms with Crippen LogP contribution in [0.1, 0.15) is 49.9 Å². The molecule has 7 heteroatoms. The lowest BCUT2D eigenvalue weighted by Crippen LogP contribution is -2.33. The van der Waals surface area contributed by atoms with Gasteiger partial charge in [0, 0.05) is 6.04 Å². The summed E-state index contributed by atoms with van der Waals surface area (Å²) in [7, 11) is -4.07. The summed E-state index contributed by atoms with van der Waals surface area (Å²) in [5, 5.41) is 8.85. The van der Waals surface area contributed by atoms with Gasteiger partial charge in [-0.1, -0.05) is 26.2 Å². The second-order valence-electron chi connectivity index (χ2n) is 4.97. The van der Waals surface area contributed by atoms with Gasteiger partial charge in [0.2, 0.25) is 10.0 Å². The molecule has 0 aromatic heterocycles. The molecule has 0 aliphatic carbocycles. The van der Waals surface area contributed by atoms with Crippen molar-refractivity contribution in [1.82, 2.24) is 4.72 Å². The lowest BCUT2D eigenvalue weighted by Gasteiger charge is -2.14. The largest absolute Gasteiger partial charge is 0.478 e. The van der Waals surface area contributed by atoms with Crippen LogP contribution in [0, 0.1) is 5.82 Å². The monoisotopic (exact) mass is 317 g/mol. The molecule has 0 aliphatic heterocycles. The van der Waals surface area contributed by atoms with E-state index in [0.717, 1.165) is 37.5 Å². The predicted molar refractivity (Wildman–Crippen MR) is 77.3 cm³/mol. The van der Waals surface area contributed by atoms with Gasteiger partial charge < -0.3 is 5.11 Å². The molecule has 0 saturated carbocycles. The third-order valence-corrected chi connectivity index (χ3v) is 4.67. The highest BCUT2D eigenvalue weighted by Crippen LogP contribution is 2.17. The number of carboxylic acid groups (broad SMARTS) is 1. The minimum Gasteiger partial charge on any atom is -0.478 e. The van der Waals surface area contributed by atoms with Crippen molar-refractivity contribution >= 4 is 16.0 Å². The number of carbonyl (C=O) groups is 1. The molecule has 0 aliphatic rings. The van der Waals surface area contributed by atoms with Crippen LogP contribution in [0.25, 0.3) is 0 Å². The number of nitrogens with one attached hydrogen (secondary N) is 1. The summed E-state index contributed by atoms with van der Waals surface area (Å²) in [6, 6.07) is 2.37. The van der Waals surface area contributed by atoms with E-state index in [9.17, 15) is 17.6 Å². The fourth-order valence-electron chi connectivity index (χ4n) is 1.93. The second kappa shape index (κ2) is 7.51. The van der Waals surface area contributed by atoms with Crippen molar-refractivity contribution in [3.05, 3.63) is 29.6 Å². The molecular formula is C14H20FNO4S. The predicted octanol–water partition coefficient (Wildman–Crippen LogP) is 2.77. The minimum absolute atomic E-state index is 0.268. The number of hydrogen-bond donors (Lipinski definition) is 2. The first-order valence-corrected chi connectivity index (χ1v) is 8.31. The Bertz CT molecular complexity index is 601. The summed E-state index contributed by atoms with van der Waals surface area (Å²) in [5.74, 6) is -2.27. The highest BCUT2D eigenvalue weighted by molar-refractivity contribution is 7.89. The molecule has 1 aromatic carbocycles. The van der Waals surface area contributed by atoms with Crippen molar-refractivity contribution in [2.24, 2.45) is 0 Å². The SMILES string of the molecule is CCCCCC(C)NS(=O)(=O)c1cc(C(=O)O)ccc1F. The van der Waals surface area contributed by atoms with Crippen LogP contribution >= 0.6 is 0 Å². The molecule has 1 unspecified atom stereocenters. The fraction of sp³-hybridized carbons (Fsp3) is 0.500. The highest BCUT2D eigenvalue weighted by Gasteiger charge is 2.22. The van der Waals surface area contributed by atoms with E-state index in [1.165, 1.54) is 0 Å². The van der Waals surface area contributed by atoms with Gasteiger partial charge in [0.05, 0.1) is 5.56 Å². The third-order valence-electron chi connectivity index (χ3n) is 3.06. The van der Waals surface area contributed by atoms with E-state index < -0.39 is 26.7 Å². The van der Waals surface area contributed by atoms with Crippen molar-refractivity contribution < 1.29 is 22.7 Å². The average Bonchev–Trinajstić information content (AvgIpc) is 2.38. The number of unbranched alkanes of at least 4 members (excludes halogenated alkanes) is 2. The van der Waals surface area contributed by atoms with E-state index in [1.54, 1.807) is 6.92 Å². The number of aromatic carboxylic acids is 1. The van der Waals surface area contributed by atoms with Gasteiger partial charge in [-0.3, -0.25) is 0 Å². The Morgan fingerprint density at radius 2 is 2.05 bits per heavy atom. The topological polar surface area (TPSA) is 83.5 Å². The van der Waals surface area contributed by atoms with Gasteiger partial charge in [-0.15, -0.1) is 0 Å². The van der Waals surface area contributed by atoms with Crippen LogP contribution in [0.3, 0.4) is 0 Å². The molecule has 0 saturated heterocycles. The van der Waals surface area contributed by atoms with Crippen LogP contribution in [0.4, 0.5) is 4.39 Å². The summed E-state index contributed by atoms with van der Waals surface area (Å²) >= 11 is 0. The normalized spacial score (nSPS) is 13.1. The molecule has 1 aromatic rings. The molecule has 0 radical (unpaired) electrons. The molecule has 21 heavy (non-hydrogen) atoms. The zero-order chi connectivity index (χ0) is 16.0. The van der Waals surface area contributed by atoms with Crippen LogP contribution in [0.5, 0.6) is 0 Å². The van der Waals surface area contributed by atoms with E-state index in [0.29, 0.717) is 6.42 Å². The summed E-state index contributed by atoms with van der Waals surface area (Å²) in [6.45, 7) is 3.74. The average molecular weight is 317 g/mol. The first-order valence-electron chi connectivity index (χ1n) is 6.83. The van der Waals surface area contributed by atoms with Gasteiger partial charge in [-0.25, -0.2) is 22.3 Å². The number of halogens is 1. The zero-order valence-corrected chi connectivity index (χ0v) is 12.9. The molecule has 0 amide bonds. The standard InChI is InChI=1S/C14H20FNO4S/c1-3-4-5-6-10(2)16-21(19,20)13-9-11(14(17)18)7-8-12(13)15/h7-10,16H,3-6H2,1-2H3,(H,17,18). The highest BCUT2D eigenvalue weighted by atomic mass is 32.2. The molecule has 5 nitrogen and oxygen atoms in total. The van der Waals surface area contributed by atoms with Crippen LogP contribution in [-0.2, 0) is 10.0 Å². The van der Waals surface area contributed by atoms with Crippen LogP contribution in [0.2, 0.25) is 0 Å². The van der Waals surface area contributed by atoms with E-state index >= 15 is 0 Å². The maximum absolute atomic E-state index is 13.7. The van der Waals surface area contributed by atoms with Crippen molar-refractivity contribution in [1.29, 1.82) is 0 Å². The number of benzene rings is 1. The number of rotatable bonds is 8. The van der Waals surface area contributed by atoms with Crippen LogP contribution in [-0.4, -0.2) is 25.5 Å². The summed E-state index contributed by atoms with van der Waals surface area (Å²) in [6.07, 6.45) is 3.54. The molecule has 1 rings (SSSR count). The minimum atomic E-state index is -4.07. The van der Waals surface area contributed by atoms with E-state index in [4.69, 9.17) is 5.11 Å². The number of carboxylic acids is 1. The Balaban J connectivity index is 2.92. The Morgan fingerprint density at radius 3 is 2.62 bits per heavy atom. The second-order valence-corrected chi connectivity index (χ2v) is 6.65. The smallest absolute Gasteiger partial charge is 0.335 e. The van der Waals surface area contributed by atoms with Gasteiger partial charge in [0.1, 0.15) is 10.7 Å². The quantitative estimate of drug-likeness (QED) is 0.722. The lowest BCUT2D eigenvalue weighted by atomic mass is 10.1. The molecule has 0 heterocycles. The van der Waals surface area contributed by atoms with Crippen molar-refractivity contribution in [3.8, 4) is 0 Å². The zero-order valence-electron chi connectivity index (χ0n) is 12.1. The molecule has 0 bridgehead atoms. The molecular weight excluding hydrogens is 297 g/mol. The summed E-state index contributed by atoms with van der Waals surface area (Å²) in [4.78, 5) is 10.2. The van der Waals surface area contributed by atoms with Gasteiger partial charge in [-0.05, 0) is 31.5 Å². The van der Waals surface area contributed by atoms with Gasteiger partial charge >= 0.3 is 5.97 Å². The summed E-state index contributed by atoms with van der Waals surface area (Å²) < 4.78 is 40.3. The Hall–Kier alpha value is -1.47. The van der Waals surface area contributed by atoms with Crippen molar-refractivity contribution in [3.63, 3.8) is 0 Å². The molecule has 0 spiro atoms. The molecule has 2 N–H and O–H groups in total. The Labute approximate surface area is 124 Å². The maximum Gasteiger partial charge on any atom is 0.335 e. The summed E-state index contributed by atoms with van der Waals surface area (Å²) in [5.41, 5.74) is -0.268. The first-order chi connectivity index (χ1) is 9.77. The lowest BCUT2D eigenvalue weighted by molar-refractivity contribution is 0.0696. The van der Waals surface area contributed by atoms with Gasteiger partial charge in [0.15, 0.2) is 0 Å². The molecule has 1 atom stereocenters. The van der Waals surface area contributed by atoms with Crippen molar-refractivity contribution in [2.75, 3.05) is 0 Å². The fourth-order valence-corrected chi connectivity index (χ4v) is 3.31. The maximum atomic E-state index is 13.7. The van der Waals surface area contributed by atoms with E-state index in [-0.39, 0.29) is 11.6 Å². The van der Waals surface area contributed by atoms with Crippen LogP contribution in [0.15, 0.2) is 23.1 Å². The Kier molecular flexibility index (Phi) is 6.29. The number of sulfonamides is 1. The molecule has 0 fully saturated rings. The van der Waals surface area contributed by atoms with Gasteiger partial charge in [0.25, 0.3) is 0 Å². The third kappa shape index (κ3) is 5.09. The molecule has 118 valence electrons. The number of hydrogen-bond acceptors (Lipinski definition) is 3. The van der Waals surface area contributed by atoms with E-state index in [1.807, 2.05) is 6.92 Å². The first kappa shape index (κ1) is 17.6.